The van der Waals surface area contributed by atoms with E-state index in [0.29, 0.717) is 37.3 Å². The highest BCUT2D eigenvalue weighted by atomic mass is 19.1. The quantitative estimate of drug-likeness (QED) is 0.416. The maximum Gasteiger partial charge on any atom is 0.187 e. The Hall–Kier alpha value is -3.84. The normalized spacial score (nSPS) is 15.2. The highest BCUT2D eigenvalue weighted by Gasteiger charge is 2.34. The molecule has 2 aromatic carbocycles. The van der Waals surface area contributed by atoms with Crippen molar-refractivity contribution in [3.8, 4) is 5.69 Å². The largest absolute Gasteiger partial charge is 0.385 e. The van der Waals surface area contributed by atoms with Gasteiger partial charge in [-0.2, -0.15) is 5.10 Å². The van der Waals surface area contributed by atoms with Gasteiger partial charge in [-0.15, -0.1) is 0 Å². The van der Waals surface area contributed by atoms with E-state index in [1.54, 1.807) is 29.1 Å². The topological polar surface area (TPSA) is 71.2 Å². The number of rotatable bonds is 6. The van der Waals surface area contributed by atoms with Crippen LogP contribution < -0.4 is 4.90 Å². The van der Waals surface area contributed by atoms with Crippen LogP contribution in [0.1, 0.15) is 40.2 Å². The molecule has 0 radical (unpaired) electrons. The maximum absolute atomic E-state index is 13.2. The number of pyridine rings is 1. The molecule has 2 aromatic heterocycles. The number of aliphatic hydroxyl groups is 1. The average molecular weight is 471 g/mol. The average Bonchev–Trinajstić information content (AvgIpc) is 3.28. The molecule has 1 aliphatic heterocycles. The highest BCUT2D eigenvalue weighted by Crippen LogP contribution is 2.34. The predicted octanol–water partition coefficient (Wildman–Crippen LogP) is 4.63. The summed E-state index contributed by atoms with van der Waals surface area (Å²) in [5.41, 5.74) is 2.83. The molecule has 178 valence electrons. The van der Waals surface area contributed by atoms with Crippen LogP contribution in [0.25, 0.3) is 5.69 Å². The molecule has 3 heterocycles. The Bertz CT molecular complexity index is 1310. The SMILES string of the molecule is Cc1cc(C(=O)Cc2ccc(N3CCC(O)(c4ccccc4)CC3)nc2)nn1-c1ccc(F)cc1. The Morgan fingerprint density at radius 3 is 2.40 bits per heavy atom. The van der Waals surface area contributed by atoms with Crippen LogP contribution in [0.2, 0.25) is 0 Å². The fourth-order valence-electron chi connectivity index (χ4n) is 4.58. The van der Waals surface area contributed by atoms with Gasteiger partial charge in [0.1, 0.15) is 17.3 Å². The molecule has 1 saturated heterocycles. The second kappa shape index (κ2) is 9.43. The summed E-state index contributed by atoms with van der Waals surface area (Å²) in [5.74, 6) is 0.421. The maximum atomic E-state index is 13.2. The molecule has 0 amide bonds. The van der Waals surface area contributed by atoms with E-state index in [-0.39, 0.29) is 18.0 Å². The van der Waals surface area contributed by atoms with E-state index in [2.05, 4.69) is 15.0 Å². The van der Waals surface area contributed by atoms with Crippen LogP contribution in [-0.2, 0) is 12.0 Å². The first-order chi connectivity index (χ1) is 16.9. The van der Waals surface area contributed by atoms with Gasteiger partial charge < -0.3 is 10.0 Å². The molecule has 0 unspecified atom stereocenters. The molecule has 0 bridgehead atoms. The van der Waals surface area contributed by atoms with Gasteiger partial charge in [0.15, 0.2) is 5.78 Å². The van der Waals surface area contributed by atoms with Crippen LogP contribution in [-0.4, -0.2) is 38.7 Å². The lowest BCUT2D eigenvalue weighted by Crippen LogP contribution is -2.42. The lowest BCUT2D eigenvalue weighted by Gasteiger charge is -2.39. The number of halogens is 1. The first kappa shape index (κ1) is 22.9. The number of anilines is 1. The molecule has 0 spiro atoms. The van der Waals surface area contributed by atoms with Crippen molar-refractivity contribution in [2.24, 2.45) is 0 Å². The Labute approximate surface area is 203 Å². The Kier molecular flexibility index (Phi) is 6.17. The molecular weight excluding hydrogens is 443 g/mol. The van der Waals surface area contributed by atoms with Gasteiger partial charge in [0.2, 0.25) is 0 Å². The van der Waals surface area contributed by atoms with Crippen LogP contribution >= 0.6 is 0 Å². The van der Waals surface area contributed by atoms with Crippen molar-refractivity contribution in [2.45, 2.75) is 31.8 Å². The van der Waals surface area contributed by atoms with Crippen molar-refractivity contribution in [1.29, 1.82) is 0 Å². The Balaban J connectivity index is 1.22. The number of carbonyl (C=O) groups excluding carboxylic acids is 1. The van der Waals surface area contributed by atoms with Gasteiger partial charge in [0.25, 0.3) is 0 Å². The Morgan fingerprint density at radius 2 is 1.74 bits per heavy atom. The van der Waals surface area contributed by atoms with Gasteiger partial charge in [0, 0.05) is 31.4 Å². The fourth-order valence-corrected chi connectivity index (χ4v) is 4.58. The van der Waals surface area contributed by atoms with Gasteiger partial charge in [-0.1, -0.05) is 36.4 Å². The predicted molar refractivity (Wildman–Crippen MR) is 132 cm³/mol. The number of nitrogens with zero attached hydrogens (tertiary/aromatic N) is 4. The summed E-state index contributed by atoms with van der Waals surface area (Å²) in [6.07, 6.45) is 3.19. The fraction of sp³-hybridized carbons (Fsp3) is 0.250. The molecule has 6 nitrogen and oxygen atoms in total. The molecule has 0 saturated carbocycles. The van der Waals surface area contributed by atoms with Crippen molar-refractivity contribution in [1.82, 2.24) is 14.8 Å². The molecule has 5 rings (SSSR count). The summed E-state index contributed by atoms with van der Waals surface area (Å²) in [6.45, 7) is 3.27. The molecule has 1 aliphatic rings. The molecule has 4 aromatic rings. The zero-order valence-corrected chi connectivity index (χ0v) is 19.6. The Morgan fingerprint density at radius 1 is 1.03 bits per heavy atom. The molecular formula is C28H27FN4O2. The smallest absolute Gasteiger partial charge is 0.187 e. The first-order valence-electron chi connectivity index (χ1n) is 11.7. The summed E-state index contributed by atoms with van der Waals surface area (Å²) in [6, 6.07) is 21.4. The van der Waals surface area contributed by atoms with E-state index < -0.39 is 5.60 Å². The summed E-state index contributed by atoms with van der Waals surface area (Å²) in [7, 11) is 0. The molecule has 0 atom stereocenters. The van der Waals surface area contributed by atoms with E-state index in [9.17, 15) is 14.3 Å². The number of carbonyl (C=O) groups is 1. The lowest BCUT2D eigenvalue weighted by molar-refractivity contribution is 0.0116. The number of benzene rings is 2. The number of piperidine rings is 1. The van der Waals surface area contributed by atoms with Crippen LogP contribution in [0.5, 0.6) is 0 Å². The number of aryl methyl sites for hydroxylation is 1. The van der Waals surface area contributed by atoms with Crippen molar-refractivity contribution in [3.63, 3.8) is 0 Å². The minimum absolute atomic E-state index is 0.102. The van der Waals surface area contributed by atoms with Crippen LogP contribution in [0.3, 0.4) is 0 Å². The molecule has 1 N–H and O–H groups in total. The van der Waals surface area contributed by atoms with Gasteiger partial charge in [0.05, 0.1) is 11.3 Å². The second-order valence-corrected chi connectivity index (χ2v) is 9.07. The summed E-state index contributed by atoms with van der Waals surface area (Å²) >= 11 is 0. The third kappa shape index (κ3) is 4.86. The zero-order valence-electron chi connectivity index (χ0n) is 19.6. The monoisotopic (exact) mass is 470 g/mol. The van der Waals surface area contributed by atoms with Crippen molar-refractivity contribution in [3.05, 3.63) is 107 Å². The van der Waals surface area contributed by atoms with Crippen LogP contribution in [0.15, 0.2) is 79.0 Å². The van der Waals surface area contributed by atoms with Gasteiger partial charge >= 0.3 is 0 Å². The van der Waals surface area contributed by atoms with Crippen molar-refractivity contribution < 1.29 is 14.3 Å². The van der Waals surface area contributed by atoms with Crippen LogP contribution in [0.4, 0.5) is 10.2 Å². The minimum Gasteiger partial charge on any atom is -0.385 e. The molecule has 7 heteroatoms. The lowest BCUT2D eigenvalue weighted by atomic mass is 9.84. The van der Waals surface area contributed by atoms with E-state index in [1.165, 1.54) is 12.1 Å². The van der Waals surface area contributed by atoms with Crippen LogP contribution in [0, 0.1) is 12.7 Å². The van der Waals surface area contributed by atoms with Crippen molar-refractivity contribution >= 4 is 11.6 Å². The number of hydrogen-bond donors (Lipinski definition) is 1. The van der Waals surface area contributed by atoms with E-state index in [0.717, 1.165) is 22.6 Å². The third-order valence-corrected chi connectivity index (χ3v) is 6.64. The second-order valence-electron chi connectivity index (χ2n) is 9.07. The summed E-state index contributed by atoms with van der Waals surface area (Å²) in [4.78, 5) is 19.6. The highest BCUT2D eigenvalue weighted by molar-refractivity contribution is 5.95. The van der Waals surface area contributed by atoms with E-state index >= 15 is 0 Å². The number of aromatic nitrogens is 3. The van der Waals surface area contributed by atoms with Gasteiger partial charge in [-0.3, -0.25) is 4.79 Å². The number of ketones is 1. The van der Waals surface area contributed by atoms with E-state index in [4.69, 9.17) is 0 Å². The van der Waals surface area contributed by atoms with Crippen molar-refractivity contribution in [2.75, 3.05) is 18.0 Å². The van der Waals surface area contributed by atoms with E-state index in [1.807, 2.05) is 49.4 Å². The standard InChI is InChI=1S/C28H27FN4O2/c1-20-17-25(31-33(20)24-10-8-23(29)9-11-24)26(34)18-21-7-12-27(30-19-21)32-15-13-28(35,14-16-32)22-5-3-2-4-6-22/h2-12,17,19,35H,13-16,18H2,1H3. The van der Waals surface area contributed by atoms with Gasteiger partial charge in [-0.05, 0) is 67.3 Å². The third-order valence-electron chi connectivity index (χ3n) is 6.64. The summed E-state index contributed by atoms with van der Waals surface area (Å²) < 4.78 is 14.9. The first-order valence-corrected chi connectivity index (χ1v) is 11.7. The summed E-state index contributed by atoms with van der Waals surface area (Å²) in [5, 5.41) is 15.5. The molecule has 35 heavy (non-hydrogen) atoms. The van der Waals surface area contributed by atoms with Gasteiger partial charge in [-0.25, -0.2) is 14.1 Å². The molecule has 1 fully saturated rings. The number of hydrogen-bond acceptors (Lipinski definition) is 5. The molecule has 0 aliphatic carbocycles. The minimum atomic E-state index is -0.806. The zero-order chi connectivity index (χ0) is 24.4. The number of Topliss-reactive ketones (excluding diaryl/α,β-unsaturated/α-hetero) is 1.